The van der Waals surface area contributed by atoms with Crippen LogP contribution in [0.1, 0.15) is 39.0 Å². The fraction of sp³-hybridized carbons (Fsp3) is 0.533. The van der Waals surface area contributed by atoms with Crippen LogP contribution in [0.5, 0.6) is 0 Å². The van der Waals surface area contributed by atoms with E-state index in [2.05, 4.69) is 4.98 Å². The Balaban J connectivity index is 2.31. The van der Waals surface area contributed by atoms with E-state index in [4.69, 9.17) is 15.0 Å². The summed E-state index contributed by atoms with van der Waals surface area (Å²) in [5.74, 6) is 0.478. The van der Waals surface area contributed by atoms with Crippen molar-refractivity contribution < 1.29 is 14.4 Å². The lowest BCUT2D eigenvalue weighted by molar-refractivity contribution is 0.00578. The quantitative estimate of drug-likeness (QED) is 0.832. The van der Waals surface area contributed by atoms with E-state index in [0.29, 0.717) is 11.3 Å². The number of hydrogen-bond donors (Lipinski definition) is 2. The van der Waals surface area contributed by atoms with E-state index in [1.807, 2.05) is 46.8 Å². The minimum absolute atomic E-state index is 0.138. The molecule has 0 amide bonds. The first-order chi connectivity index (χ1) is 9.66. The molecule has 0 aliphatic carbocycles. The fourth-order valence-electron chi connectivity index (χ4n) is 2.13. The van der Waals surface area contributed by atoms with E-state index in [0.717, 1.165) is 11.3 Å². The maximum absolute atomic E-state index is 9.66. The summed E-state index contributed by atoms with van der Waals surface area (Å²) in [6.45, 7) is 9.67. The van der Waals surface area contributed by atoms with Crippen molar-refractivity contribution in [1.29, 1.82) is 0 Å². The van der Waals surface area contributed by atoms with Crippen molar-refractivity contribution >= 4 is 19.0 Å². The van der Waals surface area contributed by atoms with E-state index in [9.17, 15) is 5.11 Å². The first-order valence-corrected chi connectivity index (χ1v) is 7.06. The highest BCUT2D eigenvalue weighted by molar-refractivity contribution is 6.55. The third kappa shape index (κ3) is 3.12. The van der Waals surface area contributed by atoms with Gasteiger partial charge in [0.15, 0.2) is 0 Å². The Morgan fingerprint density at radius 1 is 1.29 bits per heavy atom. The van der Waals surface area contributed by atoms with Crippen LogP contribution in [-0.2, 0) is 9.31 Å². The van der Waals surface area contributed by atoms with Crippen LogP contribution in [0, 0.1) is 6.92 Å². The van der Waals surface area contributed by atoms with Gasteiger partial charge in [-0.25, -0.2) is 4.98 Å². The number of aryl methyl sites for hydroxylation is 1. The molecule has 1 aromatic rings. The third-order valence-electron chi connectivity index (χ3n) is 4.23. The van der Waals surface area contributed by atoms with Crippen molar-refractivity contribution in [2.24, 2.45) is 0 Å². The smallest absolute Gasteiger partial charge is 0.400 e. The molecule has 114 valence electrons. The standard InChI is InChI=1S/C15H23BN2O3/c1-10-11(6-7-13(17)18-10)8-12(9-19)16-20-14(2,3)15(4,5)21-16/h6-8,19H,9H2,1-5H3,(H2,17,18). The van der Waals surface area contributed by atoms with Crippen molar-refractivity contribution in [2.75, 3.05) is 12.3 Å². The summed E-state index contributed by atoms with van der Waals surface area (Å²) in [4.78, 5) is 4.21. The maximum Gasteiger partial charge on any atom is 0.492 e. The van der Waals surface area contributed by atoms with Gasteiger partial charge in [-0.2, -0.15) is 0 Å². The number of nitrogen functional groups attached to an aromatic ring is 1. The van der Waals surface area contributed by atoms with Gasteiger partial charge in [-0.3, -0.25) is 0 Å². The monoisotopic (exact) mass is 290 g/mol. The molecule has 21 heavy (non-hydrogen) atoms. The first-order valence-electron chi connectivity index (χ1n) is 7.06. The predicted molar refractivity (Wildman–Crippen MR) is 84.5 cm³/mol. The van der Waals surface area contributed by atoms with Gasteiger partial charge < -0.3 is 20.1 Å². The summed E-state index contributed by atoms with van der Waals surface area (Å²) >= 11 is 0. The second kappa shape index (κ2) is 5.44. The van der Waals surface area contributed by atoms with Crippen LogP contribution in [0.3, 0.4) is 0 Å². The number of anilines is 1. The molecule has 5 nitrogen and oxygen atoms in total. The Hall–Kier alpha value is -1.37. The minimum Gasteiger partial charge on any atom is -0.400 e. The summed E-state index contributed by atoms with van der Waals surface area (Å²) in [6, 6.07) is 3.61. The molecule has 1 aliphatic rings. The molecule has 0 bridgehead atoms. The molecule has 1 aliphatic heterocycles. The van der Waals surface area contributed by atoms with Gasteiger partial charge in [0.25, 0.3) is 0 Å². The van der Waals surface area contributed by atoms with Crippen molar-refractivity contribution in [2.45, 2.75) is 45.8 Å². The lowest BCUT2D eigenvalue weighted by Crippen LogP contribution is -2.41. The molecule has 1 fully saturated rings. The highest BCUT2D eigenvalue weighted by atomic mass is 16.7. The summed E-state index contributed by atoms with van der Waals surface area (Å²) < 4.78 is 11.9. The predicted octanol–water partition coefficient (Wildman–Crippen LogP) is 1.98. The number of nitrogens with zero attached hydrogens (tertiary/aromatic N) is 1. The molecule has 1 saturated heterocycles. The Kier molecular flexibility index (Phi) is 4.15. The Morgan fingerprint density at radius 2 is 1.86 bits per heavy atom. The lowest BCUT2D eigenvalue weighted by Gasteiger charge is -2.32. The SMILES string of the molecule is Cc1nc(N)ccc1C=C(CO)B1OC(C)(C)C(C)(C)O1. The van der Waals surface area contributed by atoms with Crippen LogP contribution in [-0.4, -0.2) is 35.0 Å². The maximum atomic E-state index is 9.66. The van der Waals surface area contributed by atoms with Crippen LogP contribution in [0.4, 0.5) is 5.82 Å². The Labute approximate surface area is 126 Å². The fourth-order valence-corrected chi connectivity index (χ4v) is 2.13. The molecule has 0 saturated carbocycles. The Morgan fingerprint density at radius 3 is 2.33 bits per heavy atom. The van der Waals surface area contributed by atoms with Gasteiger partial charge in [0, 0.05) is 5.69 Å². The molecule has 0 atom stereocenters. The molecule has 0 aromatic carbocycles. The van der Waals surface area contributed by atoms with Crippen LogP contribution in [0.2, 0.25) is 0 Å². The highest BCUT2D eigenvalue weighted by Crippen LogP contribution is 2.38. The minimum atomic E-state index is -0.558. The summed E-state index contributed by atoms with van der Waals surface area (Å²) in [5.41, 5.74) is 7.16. The normalized spacial score (nSPS) is 20.9. The van der Waals surface area contributed by atoms with Crippen LogP contribution in [0.25, 0.3) is 6.08 Å². The zero-order chi connectivity index (χ0) is 15.8. The van der Waals surface area contributed by atoms with Gasteiger partial charge in [-0.15, -0.1) is 0 Å². The van der Waals surface area contributed by atoms with E-state index in [1.54, 1.807) is 6.07 Å². The molecule has 2 heterocycles. The number of rotatable bonds is 3. The molecule has 2 rings (SSSR count). The lowest BCUT2D eigenvalue weighted by atomic mass is 9.77. The number of aliphatic hydroxyl groups is 1. The largest absolute Gasteiger partial charge is 0.492 e. The second-order valence-electron chi connectivity index (χ2n) is 6.38. The van der Waals surface area contributed by atoms with E-state index in [1.165, 1.54) is 0 Å². The zero-order valence-corrected chi connectivity index (χ0v) is 13.3. The zero-order valence-electron chi connectivity index (χ0n) is 13.3. The molecular formula is C15H23BN2O3. The topological polar surface area (TPSA) is 77.6 Å². The Bertz CT molecular complexity index is 554. The van der Waals surface area contributed by atoms with Gasteiger partial charge in [0.1, 0.15) is 5.82 Å². The van der Waals surface area contributed by atoms with Crippen molar-refractivity contribution in [1.82, 2.24) is 4.98 Å². The number of aromatic nitrogens is 1. The van der Waals surface area contributed by atoms with Crippen LogP contribution in [0.15, 0.2) is 17.6 Å². The average molecular weight is 290 g/mol. The van der Waals surface area contributed by atoms with Crippen molar-refractivity contribution in [3.8, 4) is 0 Å². The summed E-state index contributed by atoms with van der Waals surface area (Å²) in [5, 5.41) is 9.66. The molecule has 0 unspecified atom stereocenters. The van der Waals surface area contributed by atoms with Gasteiger partial charge in [0.05, 0.1) is 17.8 Å². The van der Waals surface area contributed by atoms with E-state index >= 15 is 0 Å². The molecule has 6 heteroatoms. The van der Waals surface area contributed by atoms with E-state index in [-0.39, 0.29) is 6.61 Å². The first kappa shape index (κ1) is 16.0. The third-order valence-corrected chi connectivity index (χ3v) is 4.23. The molecular weight excluding hydrogens is 267 g/mol. The molecule has 1 aromatic heterocycles. The number of aliphatic hydroxyl groups excluding tert-OH is 1. The molecule has 0 radical (unpaired) electrons. The van der Waals surface area contributed by atoms with Gasteiger partial charge in [-0.1, -0.05) is 6.08 Å². The number of pyridine rings is 1. The average Bonchev–Trinajstić information content (AvgIpc) is 2.57. The van der Waals surface area contributed by atoms with Gasteiger partial charge in [-0.05, 0) is 57.8 Å². The van der Waals surface area contributed by atoms with Gasteiger partial charge in [0.2, 0.25) is 0 Å². The number of nitrogens with two attached hydrogens (primary N) is 1. The van der Waals surface area contributed by atoms with Crippen molar-refractivity contribution in [3.63, 3.8) is 0 Å². The van der Waals surface area contributed by atoms with Crippen molar-refractivity contribution in [3.05, 3.63) is 28.9 Å². The molecule has 3 N–H and O–H groups in total. The van der Waals surface area contributed by atoms with E-state index < -0.39 is 18.3 Å². The van der Waals surface area contributed by atoms with Crippen LogP contribution >= 0.6 is 0 Å². The van der Waals surface area contributed by atoms with Crippen LogP contribution < -0.4 is 5.73 Å². The second-order valence-corrected chi connectivity index (χ2v) is 6.38. The highest BCUT2D eigenvalue weighted by Gasteiger charge is 2.52. The van der Waals surface area contributed by atoms with Gasteiger partial charge >= 0.3 is 7.12 Å². The number of hydrogen-bond acceptors (Lipinski definition) is 5. The molecule has 0 spiro atoms. The summed E-state index contributed by atoms with van der Waals surface area (Å²) in [7, 11) is -0.558. The summed E-state index contributed by atoms with van der Waals surface area (Å²) in [6.07, 6.45) is 1.85.